The van der Waals surface area contributed by atoms with Crippen LogP contribution in [-0.2, 0) is 6.54 Å². The molecular weight excluding hydrogens is 321 g/mol. The third-order valence-electron chi connectivity index (χ3n) is 3.76. The Balaban J connectivity index is 1.76. The Labute approximate surface area is 135 Å². The van der Waals surface area contributed by atoms with Crippen LogP contribution in [0.1, 0.15) is 31.5 Å². The maximum Gasteiger partial charge on any atom is 0.270 e. The fraction of sp³-hybridized carbons (Fsp3) is 0.429. The molecule has 2 atom stereocenters. The van der Waals surface area contributed by atoms with Crippen LogP contribution in [0.4, 0.5) is 4.39 Å². The summed E-state index contributed by atoms with van der Waals surface area (Å²) in [6, 6.07) is 3.29. The van der Waals surface area contributed by atoms with Gasteiger partial charge < -0.3 is 10.6 Å². The van der Waals surface area contributed by atoms with Gasteiger partial charge in [-0.1, -0.05) is 5.21 Å². The second-order valence-electron chi connectivity index (χ2n) is 5.54. The summed E-state index contributed by atoms with van der Waals surface area (Å²) in [6.45, 7) is 2.26. The van der Waals surface area contributed by atoms with Crippen LogP contribution >= 0.6 is 11.3 Å². The topological polar surface area (TPSA) is 94.1 Å². The molecular formula is C14H16FN5O2S. The second kappa shape index (κ2) is 6.07. The van der Waals surface area contributed by atoms with E-state index in [4.69, 9.17) is 5.73 Å². The van der Waals surface area contributed by atoms with Gasteiger partial charge in [0.05, 0.1) is 30.2 Å². The number of aryl methyl sites for hydroxylation is 1. The van der Waals surface area contributed by atoms with E-state index in [1.54, 1.807) is 6.07 Å². The highest BCUT2D eigenvalue weighted by atomic mass is 32.1. The molecule has 122 valence electrons. The van der Waals surface area contributed by atoms with Gasteiger partial charge in [0.2, 0.25) is 0 Å². The number of hydrogen-bond acceptors (Lipinski definition) is 5. The van der Waals surface area contributed by atoms with E-state index in [0.29, 0.717) is 4.88 Å². The van der Waals surface area contributed by atoms with Gasteiger partial charge in [-0.15, -0.1) is 16.4 Å². The first kappa shape index (κ1) is 15.6. The number of thiophene rings is 1. The Bertz CT molecular complexity index is 743. The number of primary amides is 1. The molecule has 0 aliphatic carbocycles. The predicted molar refractivity (Wildman–Crippen MR) is 81.9 cm³/mol. The standard InChI is InChI=1S/C14H16FN5O2S/c1-8-2-3-12(23-8)14(22)20-5-9(15)4-10(20)6-19-7-11(13(16)21)17-18-19/h2-3,7,9-10H,4-6H2,1H3,(H2,16,21). The highest BCUT2D eigenvalue weighted by molar-refractivity contribution is 7.13. The Morgan fingerprint density at radius 3 is 2.87 bits per heavy atom. The first-order valence-electron chi connectivity index (χ1n) is 7.15. The molecule has 1 aliphatic rings. The molecule has 2 unspecified atom stereocenters. The van der Waals surface area contributed by atoms with Crippen LogP contribution in [0.5, 0.6) is 0 Å². The van der Waals surface area contributed by atoms with Crippen molar-refractivity contribution in [2.24, 2.45) is 5.73 Å². The van der Waals surface area contributed by atoms with E-state index in [1.165, 1.54) is 27.1 Å². The Morgan fingerprint density at radius 1 is 1.48 bits per heavy atom. The number of alkyl halides is 1. The molecule has 2 amide bonds. The summed E-state index contributed by atoms with van der Waals surface area (Å²) in [5.74, 6) is -0.850. The van der Waals surface area contributed by atoms with Crippen LogP contribution < -0.4 is 5.73 Å². The van der Waals surface area contributed by atoms with Crippen molar-refractivity contribution >= 4 is 23.2 Å². The third-order valence-corrected chi connectivity index (χ3v) is 4.75. The summed E-state index contributed by atoms with van der Waals surface area (Å²) in [5.41, 5.74) is 5.18. The predicted octanol–water partition coefficient (Wildman–Crippen LogP) is 1.000. The number of nitrogens with two attached hydrogens (primary N) is 1. The van der Waals surface area contributed by atoms with Gasteiger partial charge in [0, 0.05) is 11.3 Å². The first-order valence-corrected chi connectivity index (χ1v) is 7.97. The molecule has 0 bridgehead atoms. The van der Waals surface area contributed by atoms with E-state index in [1.807, 2.05) is 13.0 Å². The van der Waals surface area contributed by atoms with Gasteiger partial charge >= 0.3 is 0 Å². The molecule has 0 radical (unpaired) electrons. The lowest BCUT2D eigenvalue weighted by molar-refractivity contribution is 0.0719. The van der Waals surface area contributed by atoms with Crippen molar-refractivity contribution in [3.63, 3.8) is 0 Å². The number of carbonyl (C=O) groups excluding carboxylic acids is 2. The first-order chi connectivity index (χ1) is 10.9. The second-order valence-corrected chi connectivity index (χ2v) is 6.83. The van der Waals surface area contributed by atoms with E-state index in [-0.39, 0.29) is 37.2 Å². The van der Waals surface area contributed by atoms with Crippen molar-refractivity contribution in [1.29, 1.82) is 0 Å². The van der Waals surface area contributed by atoms with Gasteiger partial charge in [0.1, 0.15) is 6.17 Å². The quantitative estimate of drug-likeness (QED) is 0.900. The molecule has 1 aliphatic heterocycles. The van der Waals surface area contributed by atoms with E-state index >= 15 is 0 Å². The Morgan fingerprint density at radius 2 is 2.26 bits per heavy atom. The highest BCUT2D eigenvalue weighted by Gasteiger charge is 2.36. The number of rotatable bonds is 4. The number of nitrogens with zero attached hydrogens (tertiary/aromatic N) is 4. The number of likely N-dealkylation sites (tertiary alicyclic amines) is 1. The van der Waals surface area contributed by atoms with Crippen LogP contribution in [0.2, 0.25) is 0 Å². The van der Waals surface area contributed by atoms with Gasteiger partial charge in [-0.05, 0) is 19.1 Å². The number of amides is 2. The van der Waals surface area contributed by atoms with Crippen molar-refractivity contribution in [3.8, 4) is 0 Å². The monoisotopic (exact) mass is 337 g/mol. The van der Waals surface area contributed by atoms with Gasteiger partial charge in [0.25, 0.3) is 11.8 Å². The molecule has 0 spiro atoms. The lowest BCUT2D eigenvalue weighted by Gasteiger charge is -2.23. The maximum absolute atomic E-state index is 13.8. The average molecular weight is 337 g/mol. The third kappa shape index (κ3) is 3.24. The van der Waals surface area contributed by atoms with E-state index in [9.17, 15) is 14.0 Å². The minimum atomic E-state index is -1.07. The lowest BCUT2D eigenvalue weighted by atomic mass is 10.2. The summed E-state index contributed by atoms with van der Waals surface area (Å²) in [6.07, 6.45) is 0.581. The zero-order valence-electron chi connectivity index (χ0n) is 12.5. The fourth-order valence-corrected chi connectivity index (χ4v) is 3.51. The van der Waals surface area contributed by atoms with E-state index in [0.717, 1.165) is 4.88 Å². The Hall–Kier alpha value is -2.29. The number of aromatic nitrogens is 3. The van der Waals surface area contributed by atoms with Crippen LogP contribution in [0.25, 0.3) is 0 Å². The molecule has 0 saturated carbocycles. The number of hydrogen-bond donors (Lipinski definition) is 1. The molecule has 0 aromatic carbocycles. The maximum atomic E-state index is 13.8. The zero-order chi connectivity index (χ0) is 16.6. The van der Waals surface area contributed by atoms with Crippen molar-refractivity contribution in [2.45, 2.75) is 32.1 Å². The van der Waals surface area contributed by atoms with Gasteiger partial charge in [-0.25, -0.2) is 9.07 Å². The average Bonchev–Trinajstić information content (AvgIpc) is 3.19. The Kier molecular flexibility index (Phi) is 4.12. The summed E-state index contributed by atoms with van der Waals surface area (Å²) in [7, 11) is 0. The molecule has 9 heteroatoms. The molecule has 1 fully saturated rings. The fourth-order valence-electron chi connectivity index (χ4n) is 2.69. The summed E-state index contributed by atoms with van der Waals surface area (Å²) in [5, 5.41) is 7.46. The van der Waals surface area contributed by atoms with Crippen LogP contribution in [0, 0.1) is 6.92 Å². The lowest BCUT2D eigenvalue weighted by Crippen LogP contribution is -2.38. The molecule has 3 heterocycles. The van der Waals surface area contributed by atoms with Crippen LogP contribution in [0.3, 0.4) is 0 Å². The smallest absolute Gasteiger partial charge is 0.270 e. The summed E-state index contributed by atoms with van der Waals surface area (Å²) >= 11 is 1.39. The van der Waals surface area contributed by atoms with Crippen molar-refractivity contribution in [2.75, 3.05) is 6.54 Å². The molecule has 2 aromatic heterocycles. The molecule has 2 N–H and O–H groups in total. The molecule has 3 rings (SSSR count). The zero-order valence-corrected chi connectivity index (χ0v) is 13.3. The van der Waals surface area contributed by atoms with Crippen LogP contribution in [0.15, 0.2) is 18.3 Å². The normalized spacial score (nSPS) is 20.9. The van der Waals surface area contributed by atoms with Gasteiger partial charge in [-0.2, -0.15) is 0 Å². The molecule has 23 heavy (non-hydrogen) atoms. The van der Waals surface area contributed by atoms with Gasteiger partial charge in [-0.3, -0.25) is 9.59 Å². The van der Waals surface area contributed by atoms with E-state index < -0.39 is 12.1 Å². The summed E-state index contributed by atoms with van der Waals surface area (Å²) < 4.78 is 15.3. The minimum absolute atomic E-state index is 0.0477. The summed E-state index contributed by atoms with van der Waals surface area (Å²) in [4.78, 5) is 26.8. The minimum Gasteiger partial charge on any atom is -0.364 e. The van der Waals surface area contributed by atoms with Crippen molar-refractivity contribution < 1.29 is 14.0 Å². The van der Waals surface area contributed by atoms with Gasteiger partial charge in [0.15, 0.2) is 5.69 Å². The largest absolute Gasteiger partial charge is 0.364 e. The molecule has 1 saturated heterocycles. The number of halogens is 1. The van der Waals surface area contributed by atoms with Crippen molar-refractivity contribution in [3.05, 3.63) is 33.8 Å². The van der Waals surface area contributed by atoms with E-state index in [2.05, 4.69) is 10.3 Å². The number of carbonyl (C=O) groups is 2. The van der Waals surface area contributed by atoms with Crippen molar-refractivity contribution in [1.82, 2.24) is 19.9 Å². The molecule has 2 aromatic rings. The van der Waals surface area contributed by atoms with Crippen LogP contribution in [-0.4, -0.2) is 50.5 Å². The SMILES string of the molecule is Cc1ccc(C(=O)N2CC(F)CC2Cn2cc(C(N)=O)nn2)s1. The molecule has 7 nitrogen and oxygen atoms in total. The highest BCUT2D eigenvalue weighted by Crippen LogP contribution is 2.26.